The highest BCUT2D eigenvalue weighted by molar-refractivity contribution is 7.71. The number of thiazole rings is 1. The van der Waals surface area contributed by atoms with Gasteiger partial charge in [-0.1, -0.05) is 0 Å². The van der Waals surface area contributed by atoms with Gasteiger partial charge in [0.05, 0.1) is 6.04 Å². The Kier molecular flexibility index (Phi) is 2.75. The number of imidazole rings is 1. The Morgan fingerprint density at radius 2 is 2.27 bits per heavy atom. The molecule has 2 aromatic heterocycles. The maximum atomic E-state index is 5.24. The maximum absolute atomic E-state index is 5.24. The Morgan fingerprint density at radius 1 is 1.53 bits per heavy atom. The van der Waals surface area contributed by atoms with Gasteiger partial charge in [0.1, 0.15) is 5.01 Å². The van der Waals surface area contributed by atoms with E-state index >= 15 is 0 Å². The molecule has 5 heteroatoms. The van der Waals surface area contributed by atoms with Gasteiger partial charge < -0.3 is 9.55 Å². The number of aromatic nitrogens is 3. The first kappa shape index (κ1) is 10.6. The van der Waals surface area contributed by atoms with E-state index in [4.69, 9.17) is 12.2 Å². The second-order valence-corrected chi connectivity index (χ2v) is 5.29. The minimum absolute atomic E-state index is 0.209. The molecule has 2 aromatic rings. The SMILES string of the molecule is Cc1cn(C(C)c2ncc(C)s2)c(=S)[nH]1. The third-order valence-electron chi connectivity index (χ3n) is 2.29. The van der Waals surface area contributed by atoms with Crippen molar-refractivity contribution in [3.63, 3.8) is 0 Å². The van der Waals surface area contributed by atoms with Crippen LogP contribution in [-0.2, 0) is 0 Å². The number of hydrogen-bond acceptors (Lipinski definition) is 3. The molecule has 1 unspecified atom stereocenters. The van der Waals surface area contributed by atoms with Crippen molar-refractivity contribution >= 4 is 23.6 Å². The van der Waals surface area contributed by atoms with Gasteiger partial charge in [0, 0.05) is 23.0 Å². The van der Waals surface area contributed by atoms with Crippen LogP contribution in [0.1, 0.15) is 28.5 Å². The summed E-state index contributed by atoms with van der Waals surface area (Å²) in [5.41, 5.74) is 1.08. The number of aryl methyl sites for hydroxylation is 2. The van der Waals surface area contributed by atoms with E-state index in [-0.39, 0.29) is 6.04 Å². The molecule has 0 aliphatic heterocycles. The molecule has 2 heterocycles. The zero-order chi connectivity index (χ0) is 11.0. The van der Waals surface area contributed by atoms with Crippen molar-refractivity contribution in [2.24, 2.45) is 0 Å². The molecule has 0 aromatic carbocycles. The monoisotopic (exact) mass is 239 g/mol. The molecule has 1 N–H and O–H groups in total. The van der Waals surface area contributed by atoms with Gasteiger partial charge in [-0.05, 0) is 33.0 Å². The van der Waals surface area contributed by atoms with Crippen LogP contribution in [0.4, 0.5) is 0 Å². The standard InChI is InChI=1S/C10H13N3S2/c1-6-5-13(10(14)12-6)8(3)9-11-4-7(2)15-9/h4-5,8H,1-3H3,(H,12,14). The summed E-state index contributed by atoms with van der Waals surface area (Å²) in [5, 5.41) is 1.10. The third kappa shape index (κ3) is 2.03. The molecule has 0 saturated heterocycles. The minimum atomic E-state index is 0.209. The fourth-order valence-electron chi connectivity index (χ4n) is 1.50. The van der Waals surface area contributed by atoms with Gasteiger partial charge in [-0.25, -0.2) is 4.98 Å². The lowest BCUT2D eigenvalue weighted by molar-refractivity contribution is 0.626. The summed E-state index contributed by atoms with van der Waals surface area (Å²) < 4.78 is 2.80. The van der Waals surface area contributed by atoms with Crippen LogP contribution in [0.15, 0.2) is 12.4 Å². The molecule has 2 rings (SSSR count). The van der Waals surface area contributed by atoms with E-state index < -0.39 is 0 Å². The maximum Gasteiger partial charge on any atom is 0.177 e. The first-order valence-corrected chi connectivity index (χ1v) is 6.00. The predicted molar refractivity (Wildman–Crippen MR) is 65.0 cm³/mol. The Hall–Kier alpha value is -0.940. The Morgan fingerprint density at radius 3 is 2.73 bits per heavy atom. The average Bonchev–Trinajstić information content (AvgIpc) is 2.71. The van der Waals surface area contributed by atoms with Crippen molar-refractivity contribution in [1.29, 1.82) is 0 Å². The number of nitrogens with one attached hydrogen (secondary N) is 1. The predicted octanol–water partition coefficient (Wildman–Crippen LogP) is 3.23. The van der Waals surface area contributed by atoms with Crippen molar-refractivity contribution in [2.45, 2.75) is 26.8 Å². The molecule has 0 aliphatic rings. The highest BCUT2D eigenvalue weighted by Gasteiger charge is 2.12. The van der Waals surface area contributed by atoms with E-state index in [1.807, 2.05) is 23.9 Å². The van der Waals surface area contributed by atoms with Crippen LogP contribution in [0.5, 0.6) is 0 Å². The van der Waals surface area contributed by atoms with Crippen LogP contribution in [-0.4, -0.2) is 14.5 Å². The summed E-state index contributed by atoms with van der Waals surface area (Å²) in [5.74, 6) is 0. The van der Waals surface area contributed by atoms with Gasteiger partial charge >= 0.3 is 0 Å². The zero-order valence-electron chi connectivity index (χ0n) is 8.94. The van der Waals surface area contributed by atoms with Crippen LogP contribution in [0.3, 0.4) is 0 Å². The topological polar surface area (TPSA) is 33.6 Å². The molecular weight excluding hydrogens is 226 g/mol. The van der Waals surface area contributed by atoms with Gasteiger partial charge in [0.15, 0.2) is 4.77 Å². The summed E-state index contributed by atoms with van der Waals surface area (Å²) in [7, 11) is 0. The third-order valence-corrected chi connectivity index (χ3v) is 3.68. The van der Waals surface area contributed by atoms with Crippen LogP contribution in [0.2, 0.25) is 0 Å². The molecule has 0 fully saturated rings. The van der Waals surface area contributed by atoms with Gasteiger partial charge in [-0.2, -0.15) is 0 Å². The van der Waals surface area contributed by atoms with Crippen LogP contribution in [0, 0.1) is 18.6 Å². The number of aromatic amines is 1. The summed E-state index contributed by atoms with van der Waals surface area (Å²) in [6, 6.07) is 0.209. The molecular formula is C10H13N3S2. The highest BCUT2D eigenvalue weighted by atomic mass is 32.1. The van der Waals surface area contributed by atoms with Crippen molar-refractivity contribution in [1.82, 2.24) is 14.5 Å². The Balaban J connectivity index is 2.40. The van der Waals surface area contributed by atoms with Gasteiger partial charge in [0.25, 0.3) is 0 Å². The minimum Gasteiger partial charge on any atom is -0.335 e. The fourth-order valence-corrected chi connectivity index (χ4v) is 2.70. The average molecular weight is 239 g/mol. The summed E-state index contributed by atoms with van der Waals surface area (Å²) in [6.45, 7) is 6.18. The molecule has 1 atom stereocenters. The molecule has 0 saturated carbocycles. The molecule has 15 heavy (non-hydrogen) atoms. The first-order valence-electron chi connectivity index (χ1n) is 4.78. The van der Waals surface area contributed by atoms with Gasteiger partial charge in [-0.15, -0.1) is 11.3 Å². The lowest BCUT2D eigenvalue weighted by Crippen LogP contribution is -2.04. The zero-order valence-corrected chi connectivity index (χ0v) is 10.6. The fraction of sp³-hybridized carbons (Fsp3) is 0.400. The lowest BCUT2D eigenvalue weighted by atomic mass is 10.3. The number of rotatable bonds is 2. The number of nitrogens with zero attached hydrogens (tertiary/aromatic N) is 2. The molecule has 0 bridgehead atoms. The highest BCUT2D eigenvalue weighted by Crippen LogP contribution is 2.23. The van der Waals surface area contributed by atoms with Crippen molar-refractivity contribution in [2.75, 3.05) is 0 Å². The lowest BCUT2D eigenvalue weighted by Gasteiger charge is -2.09. The number of H-pyrrole nitrogens is 1. The molecule has 0 radical (unpaired) electrons. The van der Waals surface area contributed by atoms with Gasteiger partial charge in [0.2, 0.25) is 0 Å². The quantitative estimate of drug-likeness (QED) is 0.816. The second-order valence-electron chi connectivity index (χ2n) is 3.63. The van der Waals surface area contributed by atoms with E-state index in [0.717, 1.165) is 15.5 Å². The van der Waals surface area contributed by atoms with E-state index in [2.05, 4.69) is 23.8 Å². The van der Waals surface area contributed by atoms with Crippen LogP contribution >= 0.6 is 23.6 Å². The Bertz CT molecular complexity index is 521. The van der Waals surface area contributed by atoms with E-state index in [1.54, 1.807) is 11.3 Å². The summed E-state index contributed by atoms with van der Waals surface area (Å²) in [4.78, 5) is 8.73. The van der Waals surface area contributed by atoms with E-state index in [0.29, 0.717) is 0 Å². The van der Waals surface area contributed by atoms with Crippen LogP contribution in [0.25, 0.3) is 0 Å². The number of hydrogen-bond donors (Lipinski definition) is 1. The smallest absolute Gasteiger partial charge is 0.177 e. The second kappa shape index (κ2) is 3.90. The van der Waals surface area contributed by atoms with E-state index in [1.165, 1.54) is 4.88 Å². The van der Waals surface area contributed by atoms with E-state index in [9.17, 15) is 0 Å². The van der Waals surface area contributed by atoms with Gasteiger partial charge in [-0.3, -0.25) is 0 Å². The normalized spacial score (nSPS) is 13.0. The van der Waals surface area contributed by atoms with Crippen LogP contribution < -0.4 is 0 Å². The summed E-state index contributed by atoms with van der Waals surface area (Å²) in [6.07, 6.45) is 3.93. The van der Waals surface area contributed by atoms with Crippen molar-refractivity contribution in [3.8, 4) is 0 Å². The van der Waals surface area contributed by atoms with Crippen molar-refractivity contribution in [3.05, 3.63) is 32.7 Å². The largest absolute Gasteiger partial charge is 0.335 e. The molecule has 0 aliphatic carbocycles. The Labute approximate surface area is 97.8 Å². The molecule has 80 valence electrons. The van der Waals surface area contributed by atoms with Crippen molar-refractivity contribution < 1.29 is 0 Å². The molecule has 0 amide bonds. The molecule has 0 spiro atoms. The molecule has 3 nitrogen and oxygen atoms in total. The first-order chi connectivity index (χ1) is 7.08. The summed E-state index contributed by atoms with van der Waals surface area (Å²) >= 11 is 6.96.